The van der Waals surface area contributed by atoms with Crippen LogP contribution >= 0.6 is 0 Å². The molecule has 2 aromatic carbocycles. The lowest BCUT2D eigenvalue weighted by Crippen LogP contribution is -2.27. The van der Waals surface area contributed by atoms with E-state index in [1.54, 1.807) is 16.9 Å². The molecule has 0 fully saturated rings. The van der Waals surface area contributed by atoms with Gasteiger partial charge in [0, 0.05) is 11.8 Å². The van der Waals surface area contributed by atoms with Crippen molar-refractivity contribution in [2.24, 2.45) is 0 Å². The van der Waals surface area contributed by atoms with Crippen LogP contribution in [0.3, 0.4) is 0 Å². The highest BCUT2D eigenvalue weighted by Gasteiger charge is 2.18. The van der Waals surface area contributed by atoms with Crippen molar-refractivity contribution in [2.75, 3.05) is 13.2 Å². The van der Waals surface area contributed by atoms with Crippen LogP contribution in [0, 0.1) is 6.92 Å². The van der Waals surface area contributed by atoms with E-state index in [0.29, 0.717) is 35.7 Å². The number of ether oxygens (including phenoxy) is 2. The van der Waals surface area contributed by atoms with E-state index in [4.69, 9.17) is 9.47 Å². The van der Waals surface area contributed by atoms with Crippen LogP contribution in [0.5, 0.6) is 11.5 Å². The summed E-state index contributed by atoms with van der Waals surface area (Å²) in [5.41, 5.74) is 4.55. The molecule has 4 aromatic rings. The fourth-order valence-corrected chi connectivity index (χ4v) is 3.60. The molecule has 0 aliphatic carbocycles. The van der Waals surface area contributed by atoms with E-state index in [1.165, 1.54) is 0 Å². The molecular formula is C23H21N5O3. The Balaban J connectivity index is 1.40. The fraction of sp³-hybridized carbons (Fsp3) is 0.217. The quantitative estimate of drug-likeness (QED) is 0.549. The first-order valence-corrected chi connectivity index (χ1v) is 10.1. The second kappa shape index (κ2) is 7.71. The normalized spacial score (nSPS) is 13.7. The van der Waals surface area contributed by atoms with Crippen LogP contribution in [-0.2, 0) is 0 Å². The van der Waals surface area contributed by atoms with Crippen LogP contribution < -0.4 is 14.8 Å². The predicted octanol–water partition coefficient (Wildman–Crippen LogP) is 3.39. The molecule has 0 saturated heterocycles. The number of carbonyl (C=O) groups excluding carboxylic acids is 1. The molecule has 0 saturated carbocycles. The standard InChI is InChI=1S/C23H21N5O3/c1-14-5-6-17(12-19(14)28-22-18(26-27-28)4-3-9-24-22)23(29)25-15(2)16-7-8-20-21(13-16)31-11-10-30-20/h3-9,12-13,15H,10-11H2,1-2H3,(H,25,29). The number of carbonyl (C=O) groups is 1. The Labute approximate surface area is 178 Å². The van der Waals surface area contributed by atoms with E-state index in [2.05, 4.69) is 20.6 Å². The molecule has 3 heterocycles. The molecule has 8 heteroatoms. The summed E-state index contributed by atoms with van der Waals surface area (Å²) in [5, 5.41) is 11.4. The Morgan fingerprint density at radius 3 is 2.81 bits per heavy atom. The number of rotatable bonds is 4. The smallest absolute Gasteiger partial charge is 0.251 e. The molecule has 1 aliphatic heterocycles. The van der Waals surface area contributed by atoms with Gasteiger partial charge in [-0.3, -0.25) is 4.79 Å². The van der Waals surface area contributed by atoms with E-state index in [-0.39, 0.29) is 11.9 Å². The average molecular weight is 415 g/mol. The van der Waals surface area contributed by atoms with Crippen molar-refractivity contribution in [3.63, 3.8) is 0 Å². The summed E-state index contributed by atoms with van der Waals surface area (Å²) < 4.78 is 12.9. The van der Waals surface area contributed by atoms with Crippen LogP contribution in [-0.4, -0.2) is 39.1 Å². The van der Waals surface area contributed by atoms with Crippen molar-refractivity contribution in [3.05, 3.63) is 71.4 Å². The monoisotopic (exact) mass is 415 g/mol. The maximum absolute atomic E-state index is 13.0. The maximum Gasteiger partial charge on any atom is 0.251 e. The largest absolute Gasteiger partial charge is 0.486 e. The Bertz CT molecular complexity index is 1280. The van der Waals surface area contributed by atoms with Crippen molar-refractivity contribution in [1.29, 1.82) is 0 Å². The lowest BCUT2D eigenvalue weighted by atomic mass is 10.1. The van der Waals surface area contributed by atoms with Crippen molar-refractivity contribution in [1.82, 2.24) is 25.3 Å². The molecular weight excluding hydrogens is 394 g/mol. The van der Waals surface area contributed by atoms with E-state index >= 15 is 0 Å². The summed E-state index contributed by atoms with van der Waals surface area (Å²) in [5.74, 6) is 1.25. The minimum absolute atomic E-state index is 0.180. The molecule has 0 spiro atoms. The Morgan fingerprint density at radius 2 is 1.94 bits per heavy atom. The van der Waals surface area contributed by atoms with Crippen LogP contribution in [0.4, 0.5) is 0 Å². The number of hydrogen-bond acceptors (Lipinski definition) is 6. The topological polar surface area (TPSA) is 91.2 Å². The van der Waals surface area contributed by atoms with Gasteiger partial charge in [0.15, 0.2) is 17.1 Å². The zero-order chi connectivity index (χ0) is 21.4. The van der Waals surface area contributed by atoms with E-state index in [0.717, 1.165) is 22.6 Å². The summed E-state index contributed by atoms with van der Waals surface area (Å²) in [6, 6.07) is 14.7. The zero-order valence-electron chi connectivity index (χ0n) is 17.2. The number of nitrogens with one attached hydrogen (secondary N) is 1. The van der Waals surface area contributed by atoms with Gasteiger partial charge >= 0.3 is 0 Å². The van der Waals surface area contributed by atoms with Crippen LogP contribution in [0.25, 0.3) is 16.9 Å². The molecule has 0 bridgehead atoms. The van der Waals surface area contributed by atoms with Crippen molar-refractivity contribution in [2.45, 2.75) is 19.9 Å². The van der Waals surface area contributed by atoms with Gasteiger partial charge in [-0.25, -0.2) is 4.98 Å². The highest BCUT2D eigenvalue weighted by Crippen LogP contribution is 2.32. The number of pyridine rings is 1. The van der Waals surface area contributed by atoms with Gasteiger partial charge in [0.2, 0.25) is 0 Å². The SMILES string of the molecule is Cc1ccc(C(=O)NC(C)c2ccc3c(c2)OCCO3)cc1-n1nnc2cccnc21. The molecule has 2 aromatic heterocycles. The van der Waals surface area contributed by atoms with Crippen molar-refractivity contribution < 1.29 is 14.3 Å². The van der Waals surface area contributed by atoms with Gasteiger partial charge in [0.05, 0.1) is 11.7 Å². The molecule has 0 radical (unpaired) electrons. The Hall–Kier alpha value is -3.94. The summed E-state index contributed by atoms with van der Waals surface area (Å²) >= 11 is 0. The summed E-state index contributed by atoms with van der Waals surface area (Å²) in [6.07, 6.45) is 1.70. The fourth-order valence-electron chi connectivity index (χ4n) is 3.60. The number of amides is 1. The lowest BCUT2D eigenvalue weighted by Gasteiger charge is -2.21. The molecule has 1 aliphatic rings. The molecule has 1 amide bonds. The lowest BCUT2D eigenvalue weighted by molar-refractivity contribution is 0.0939. The number of hydrogen-bond donors (Lipinski definition) is 1. The summed E-state index contributed by atoms with van der Waals surface area (Å²) in [7, 11) is 0. The summed E-state index contributed by atoms with van der Waals surface area (Å²) in [4.78, 5) is 17.4. The second-order valence-corrected chi connectivity index (χ2v) is 7.45. The van der Waals surface area contributed by atoms with Gasteiger partial charge in [0.1, 0.15) is 18.7 Å². The van der Waals surface area contributed by atoms with E-state index in [9.17, 15) is 4.79 Å². The molecule has 156 valence electrons. The first-order chi connectivity index (χ1) is 15.1. The molecule has 5 rings (SSSR count). The van der Waals surface area contributed by atoms with Gasteiger partial charge in [-0.05, 0) is 61.4 Å². The highest BCUT2D eigenvalue weighted by atomic mass is 16.6. The maximum atomic E-state index is 13.0. The third-order valence-corrected chi connectivity index (χ3v) is 5.32. The molecule has 8 nitrogen and oxygen atoms in total. The molecule has 1 atom stereocenters. The second-order valence-electron chi connectivity index (χ2n) is 7.45. The first kappa shape index (κ1) is 19.0. The zero-order valence-corrected chi connectivity index (χ0v) is 17.2. The number of aryl methyl sites for hydroxylation is 1. The number of benzene rings is 2. The van der Waals surface area contributed by atoms with E-state index < -0.39 is 0 Å². The van der Waals surface area contributed by atoms with Crippen LogP contribution in [0.1, 0.15) is 34.5 Å². The van der Waals surface area contributed by atoms with E-state index in [1.807, 2.05) is 56.3 Å². The van der Waals surface area contributed by atoms with Gasteiger partial charge in [-0.2, -0.15) is 4.68 Å². The Morgan fingerprint density at radius 1 is 1.10 bits per heavy atom. The number of fused-ring (bicyclic) bond motifs is 2. The first-order valence-electron chi connectivity index (χ1n) is 10.1. The van der Waals surface area contributed by atoms with Gasteiger partial charge in [-0.1, -0.05) is 17.3 Å². The summed E-state index contributed by atoms with van der Waals surface area (Å²) in [6.45, 7) is 4.97. The predicted molar refractivity (Wildman–Crippen MR) is 115 cm³/mol. The molecule has 1 unspecified atom stereocenters. The number of nitrogens with zero attached hydrogens (tertiary/aromatic N) is 4. The molecule has 1 N–H and O–H groups in total. The van der Waals surface area contributed by atoms with Crippen LogP contribution in [0.15, 0.2) is 54.7 Å². The Kier molecular flexibility index (Phi) is 4.74. The van der Waals surface area contributed by atoms with Gasteiger partial charge in [-0.15, -0.1) is 5.10 Å². The minimum atomic E-state index is -0.207. The number of aromatic nitrogens is 4. The minimum Gasteiger partial charge on any atom is -0.486 e. The third kappa shape index (κ3) is 3.56. The molecule has 31 heavy (non-hydrogen) atoms. The van der Waals surface area contributed by atoms with Gasteiger partial charge < -0.3 is 14.8 Å². The average Bonchev–Trinajstić information content (AvgIpc) is 3.23. The highest BCUT2D eigenvalue weighted by molar-refractivity contribution is 5.95. The van der Waals surface area contributed by atoms with Crippen molar-refractivity contribution >= 4 is 17.1 Å². The van der Waals surface area contributed by atoms with Crippen LogP contribution in [0.2, 0.25) is 0 Å². The third-order valence-electron chi connectivity index (χ3n) is 5.32. The van der Waals surface area contributed by atoms with Gasteiger partial charge in [0.25, 0.3) is 5.91 Å². The van der Waals surface area contributed by atoms with Crippen molar-refractivity contribution in [3.8, 4) is 17.2 Å².